The number of carboxylic acids is 1. The van der Waals surface area contributed by atoms with Crippen LogP contribution in [0.25, 0.3) is 0 Å². The number of aliphatic carboxylic acids is 1. The molecule has 2 N–H and O–H groups in total. The third-order valence-electron chi connectivity index (χ3n) is 1.83. The highest BCUT2D eigenvalue weighted by Gasteiger charge is 2.13. The molecule has 1 rings (SSSR count). The molecule has 0 aromatic carbocycles. The van der Waals surface area contributed by atoms with E-state index >= 15 is 0 Å². The first-order valence-corrected chi connectivity index (χ1v) is 4.42. The predicted octanol–water partition coefficient (Wildman–Crippen LogP) is -0.0776. The van der Waals surface area contributed by atoms with Gasteiger partial charge in [0.25, 0.3) is 0 Å². The van der Waals surface area contributed by atoms with Gasteiger partial charge in [0.05, 0.1) is 0 Å². The van der Waals surface area contributed by atoms with Crippen LogP contribution < -0.4 is 5.32 Å². The summed E-state index contributed by atoms with van der Waals surface area (Å²) in [5.41, 5.74) is 0. The highest BCUT2D eigenvalue weighted by atomic mass is 16.5. The molecule has 0 aliphatic heterocycles. The van der Waals surface area contributed by atoms with Crippen LogP contribution >= 0.6 is 0 Å². The number of amides is 1. The molecule has 0 unspecified atom stereocenters. The number of rotatable bonds is 5. The molecule has 0 bridgehead atoms. The molecule has 0 spiro atoms. The van der Waals surface area contributed by atoms with E-state index in [1.54, 1.807) is 0 Å². The van der Waals surface area contributed by atoms with Crippen LogP contribution in [0.3, 0.4) is 0 Å². The maximum Gasteiger partial charge on any atom is 0.329 e. The van der Waals surface area contributed by atoms with Crippen LogP contribution in [-0.2, 0) is 14.3 Å². The Kier molecular flexibility index (Phi) is 4.12. The van der Waals surface area contributed by atoms with E-state index in [1.165, 1.54) is 0 Å². The molecule has 0 aromatic heterocycles. The summed E-state index contributed by atoms with van der Waals surface area (Å²) in [4.78, 5) is 21.2. The Morgan fingerprint density at radius 1 is 1.36 bits per heavy atom. The van der Waals surface area contributed by atoms with Gasteiger partial charge in [0.2, 0.25) is 5.91 Å². The van der Waals surface area contributed by atoms with E-state index in [0.29, 0.717) is 0 Å². The lowest BCUT2D eigenvalue weighted by Crippen LogP contribution is -2.35. The third kappa shape index (κ3) is 4.04. The number of hydrogen-bond acceptors (Lipinski definition) is 3. The molecular weight excluding hydrogens is 186 g/mol. The summed E-state index contributed by atoms with van der Waals surface area (Å²) >= 11 is 0. The van der Waals surface area contributed by atoms with Gasteiger partial charge in [0.1, 0.15) is 13.2 Å². The summed E-state index contributed by atoms with van der Waals surface area (Å²) in [6.45, 7) is -0.626. The largest absolute Gasteiger partial charge is 0.480 e. The van der Waals surface area contributed by atoms with Gasteiger partial charge in [-0.25, -0.2) is 4.79 Å². The second kappa shape index (κ2) is 5.39. The Morgan fingerprint density at radius 2 is 2.00 bits per heavy atom. The zero-order valence-electron chi connectivity index (χ0n) is 7.73. The second-order valence-corrected chi connectivity index (χ2v) is 3.09. The minimum atomic E-state index is -1.07. The number of ether oxygens (including phenoxy) is 1. The standard InChI is InChI=1S/C9H13NO4/c11-8(5-14-6-9(12)13)10-7-3-1-2-4-7/h1-2,7H,3-6H2,(H,10,11)(H,12,13). The summed E-state index contributed by atoms with van der Waals surface area (Å²) in [5.74, 6) is -1.33. The second-order valence-electron chi connectivity index (χ2n) is 3.09. The maximum absolute atomic E-state index is 11.1. The molecule has 0 atom stereocenters. The molecule has 14 heavy (non-hydrogen) atoms. The van der Waals surface area contributed by atoms with Crippen LogP contribution in [0.5, 0.6) is 0 Å². The molecule has 1 amide bonds. The van der Waals surface area contributed by atoms with Crippen molar-refractivity contribution in [3.63, 3.8) is 0 Å². The van der Waals surface area contributed by atoms with Gasteiger partial charge in [0.15, 0.2) is 0 Å². The minimum Gasteiger partial charge on any atom is -0.480 e. The van der Waals surface area contributed by atoms with E-state index in [1.807, 2.05) is 12.2 Å². The van der Waals surface area contributed by atoms with Crippen LogP contribution in [0.4, 0.5) is 0 Å². The topological polar surface area (TPSA) is 75.6 Å². The normalized spacial score (nSPS) is 15.7. The zero-order valence-corrected chi connectivity index (χ0v) is 7.73. The first-order valence-electron chi connectivity index (χ1n) is 4.42. The van der Waals surface area contributed by atoms with Gasteiger partial charge in [-0.2, -0.15) is 0 Å². The van der Waals surface area contributed by atoms with Crippen molar-refractivity contribution in [3.05, 3.63) is 12.2 Å². The number of carbonyl (C=O) groups excluding carboxylic acids is 1. The zero-order chi connectivity index (χ0) is 10.4. The van der Waals surface area contributed by atoms with E-state index in [2.05, 4.69) is 10.1 Å². The van der Waals surface area contributed by atoms with Gasteiger partial charge < -0.3 is 15.2 Å². The van der Waals surface area contributed by atoms with Crippen LogP contribution in [-0.4, -0.2) is 36.2 Å². The lowest BCUT2D eigenvalue weighted by Gasteiger charge is -2.11. The third-order valence-corrected chi connectivity index (χ3v) is 1.83. The fourth-order valence-electron chi connectivity index (χ4n) is 1.24. The van der Waals surface area contributed by atoms with Crippen LogP contribution in [0.2, 0.25) is 0 Å². The number of hydrogen-bond donors (Lipinski definition) is 2. The van der Waals surface area contributed by atoms with Crippen LogP contribution in [0.1, 0.15) is 12.8 Å². The Hall–Kier alpha value is -1.36. The predicted molar refractivity (Wildman–Crippen MR) is 48.8 cm³/mol. The molecule has 0 aromatic rings. The lowest BCUT2D eigenvalue weighted by atomic mass is 10.2. The van der Waals surface area contributed by atoms with Crippen molar-refractivity contribution in [1.82, 2.24) is 5.32 Å². The lowest BCUT2D eigenvalue weighted by molar-refractivity contribution is -0.143. The molecule has 1 aliphatic rings. The van der Waals surface area contributed by atoms with Crippen molar-refractivity contribution in [3.8, 4) is 0 Å². The maximum atomic E-state index is 11.1. The molecule has 0 radical (unpaired) electrons. The van der Waals surface area contributed by atoms with Crippen molar-refractivity contribution in [2.24, 2.45) is 0 Å². The van der Waals surface area contributed by atoms with E-state index in [0.717, 1.165) is 12.8 Å². The average Bonchev–Trinajstić information content (AvgIpc) is 2.56. The number of nitrogens with one attached hydrogen (secondary N) is 1. The van der Waals surface area contributed by atoms with Crippen molar-refractivity contribution >= 4 is 11.9 Å². The molecule has 0 fully saturated rings. The van der Waals surface area contributed by atoms with Crippen molar-refractivity contribution in [1.29, 1.82) is 0 Å². The summed E-state index contributed by atoms with van der Waals surface area (Å²) in [6.07, 6.45) is 5.68. The van der Waals surface area contributed by atoms with E-state index in [4.69, 9.17) is 5.11 Å². The van der Waals surface area contributed by atoms with Gasteiger partial charge in [0, 0.05) is 6.04 Å². The monoisotopic (exact) mass is 199 g/mol. The van der Waals surface area contributed by atoms with Gasteiger partial charge in [-0.15, -0.1) is 0 Å². The summed E-state index contributed by atoms with van der Waals surface area (Å²) < 4.78 is 4.64. The smallest absolute Gasteiger partial charge is 0.329 e. The van der Waals surface area contributed by atoms with Crippen LogP contribution in [0.15, 0.2) is 12.2 Å². The molecular formula is C9H13NO4. The highest BCUT2D eigenvalue weighted by Crippen LogP contribution is 2.08. The van der Waals surface area contributed by atoms with Gasteiger partial charge in [-0.05, 0) is 12.8 Å². The Balaban J connectivity index is 2.07. The van der Waals surface area contributed by atoms with Crippen molar-refractivity contribution in [2.45, 2.75) is 18.9 Å². The Bertz CT molecular complexity index is 241. The first-order chi connectivity index (χ1) is 6.68. The van der Waals surface area contributed by atoms with E-state index in [9.17, 15) is 9.59 Å². The molecule has 78 valence electrons. The highest BCUT2D eigenvalue weighted by molar-refractivity contribution is 5.78. The number of carbonyl (C=O) groups is 2. The minimum absolute atomic E-state index is 0.149. The van der Waals surface area contributed by atoms with Crippen molar-refractivity contribution in [2.75, 3.05) is 13.2 Å². The average molecular weight is 199 g/mol. The molecule has 0 saturated heterocycles. The first kappa shape index (κ1) is 10.7. The molecule has 1 aliphatic carbocycles. The summed E-state index contributed by atoms with van der Waals surface area (Å²) in [5, 5.41) is 11.0. The molecule has 0 saturated carbocycles. The fraction of sp³-hybridized carbons (Fsp3) is 0.556. The van der Waals surface area contributed by atoms with Crippen LogP contribution in [0, 0.1) is 0 Å². The Labute approximate surface area is 81.7 Å². The number of carboxylic acid groups (broad SMARTS) is 1. The summed E-state index contributed by atoms with van der Waals surface area (Å²) in [7, 11) is 0. The van der Waals surface area contributed by atoms with Crippen molar-refractivity contribution < 1.29 is 19.4 Å². The van der Waals surface area contributed by atoms with Gasteiger partial charge in [-0.1, -0.05) is 12.2 Å². The van der Waals surface area contributed by atoms with E-state index < -0.39 is 12.6 Å². The molecule has 0 heterocycles. The molecule has 5 nitrogen and oxygen atoms in total. The Morgan fingerprint density at radius 3 is 2.57 bits per heavy atom. The quantitative estimate of drug-likeness (QED) is 0.607. The molecule has 5 heteroatoms. The fourth-order valence-corrected chi connectivity index (χ4v) is 1.24. The van der Waals surface area contributed by atoms with Gasteiger partial charge >= 0.3 is 5.97 Å². The van der Waals surface area contributed by atoms with E-state index in [-0.39, 0.29) is 18.6 Å². The summed E-state index contributed by atoms with van der Waals surface area (Å²) in [6, 6.07) is 0.149. The SMILES string of the molecule is O=C(O)COCC(=O)NC1CC=CC1. The van der Waals surface area contributed by atoms with Gasteiger partial charge in [-0.3, -0.25) is 4.79 Å².